The Labute approximate surface area is 185 Å². The molecule has 0 aliphatic heterocycles. The fourth-order valence-corrected chi connectivity index (χ4v) is 8.79. The zero-order chi connectivity index (χ0) is 21.5. The Hall–Kier alpha value is -0.370. The minimum Gasteiger partial charge on any atom is -0.393 e. The standard InChI is InChI=1S/C28H47FO/c1-18(2)6-5-7-19(3)26-10-11-27-25-16-20(13-15-29)24-17-21(30)8-9-22(24)23(25)12-14-28(26,27)4/h18-21,23,25-27,30H,5-17H2,1-4H3/t19-,20-,21+,23-,25-,26?,27+,28-/m1/s1. The molecule has 0 saturated heterocycles. The summed E-state index contributed by atoms with van der Waals surface area (Å²) in [6, 6.07) is 0. The molecule has 8 atom stereocenters. The van der Waals surface area contributed by atoms with Gasteiger partial charge in [0.05, 0.1) is 12.8 Å². The van der Waals surface area contributed by atoms with Gasteiger partial charge >= 0.3 is 0 Å². The summed E-state index contributed by atoms with van der Waals surface area (Å²) in [5.41, 5.74) is 3.68. The van der Waals surface area contributed by atoms with E-state index >= 15 is 0 Å². The van der Waals surface area contributed by atoms with E-state index < -0.39 is 0 Å². The Bertz CT molecular complexity index is 624. The molecule has 0 aromatic heterocycles. The second-order valence-electron chi connectivity index (χ2n) is 12.3. The SMILES string of the molecule is CC(C)CCC[C@@H](C)C1CC[C@H]2[C@@H]3C[C@@H](CCF)C4=C(CC[C@H](O)C4)[C@H]3CC[C@]12C. The van der Waals surface area contributed by atoms with Crippen LogP contribution in [0.3, 0.4) is 0 Å². The lowest BCUT2D eigenvalue weighted by Crippen LogP contribution is -2.46. The van der Waals surface area contributed by atoms with Crippen molar-refractivity contribution in [3.63, 3.8) is 0 Å². The minimum atomic E-state index is -0.202. The maximum Gasteiger partial charge on any atom is 0.0900 e. The van der Waals surface area contributed by atoms with E-state index in [0.717, 1.165) is 54.8 Å². The Morgan fingerprint density at radius 1 is 1.07 bits per heavy atom. The normalized spacial score (nSPS) is 42.1. The summed E-state index contributed by atoms with van der Waals surface area (Å²) in [5, 5.41) is 10.3. The number of aliphatic hydroxyl groups is 1. The quantitative estimate of drug-likeness (QED) is 0.419. The summed E-state index contributed by atoms with van der Waals surface area (Å²) in [7, 11) is 0. The molecule has 4 aliphatic rings. The third-order valence-electron chi connectivity index (χ3n) is 10.2. The van der Waals surface area contributed by atoms with Crippen LogP contribution in [0.25, 0.3) is 0 Å². The van der Waals surface area contributed by atoms with Crippen LogP contribution in [-0.4, -0.2) is 17.9 Å². The van der Waals surface area contributed by atoms with Crippen molar-refractivity contribution >= 4 is 0 Å². The number of halogens is 1. The van der Waals surface area contributed by atoms with Gasteiger partial charge in [-0.25, -0.2) is 0 Å². The average Bonchev–Trinajstić information content (AvgIpc) is 3.05. The number of aliphatic hydroxyl groups excluding tert-OH is 1. The number of fused-ring (bicyclic) bond motifs is 4. The Morgan fingerprint density at radius 3 is 2.60 bits per heavy atom. The molecule has 4 aliphatic carbocycles. The molecule has 0 bridgehead atoms. The molecule has 30 heavy (non-hydrogen) atoms. The molecular formula is C28H47FO. The molecule has 172 valence electrons. The Balaban J connectivity index is 1.52. The molecule has 0 aromatic carbocycles. The highest BCUT2D eigenvalue weighted by Gasteiger charge is 2.56. The lowest BCUT2D eigenvalue weighted by atomic mass is 9.50. The van der Waals surface area contributed by atoms with E-state index in [2.05, 4.69) is 27.7 Å². The van der Waals surface area contributed by atoms with E-state index in [1.165, 1.54) is 56.9 Å². The lowest BCUT2D eigenvalue weighted by molar-refractivity contribution is -0.0130. The molecule has 4 rings (SSSR count). The van der Waals surface area contributed by atoms with Gasteiger partial charge in [-0.2, -0.15) is 0 Å². The smallest absolute Gasteiger partial charge is 0.0900 e. The van der Waals surface area contributed by atoms with Crippen molar-refractivity contribution in [1.29, 1.82) is 0 Å². The second kappa shape index (κ2) is 9.24. The van der Waals surface area contributed by atoms with E-state index in [4.69, 9.17) is 0 Å². The highest BCUT2D eigenvalue weighted by atomic mass is 19.1. The van der Waals surface area contributed by atoms with Crippen LogP contribution in [0, 0.1) is 46.8 Å². The third kappa shape index (κ3) is 4.16. The summed E-state index contributed by atoms with van der Waals surface area (Å²) in [4.78, 5) is 0. The molecule has 2 saturated carbocycles. The predicted molar refractivity (Wildman–Crippen MR) is 124 cm³/mol. The first-order valence-corrected chi connectivity index (χ1v) is 13.3. The number of rotatable bonds is 7. The zero-order valence-electron chi connectivity index (χ0n) is 20.1. The van der Waals surface area contributed by atoms with Gasteiger partial charge in [-0.05, 0) is 105 Å². The van der Waals surface area contributed by atoms with Gasteiger partial charge in [0.25, 0.3) is 0 Å². The molecule has 0 aromatic rings. The van der Waals surface area contributed by atoms with Crippen LogP contribution in [0.5, 0.6) is 0 Å². The first kappa shape index (κ1) is 22.8. The topological polar surface area (TPSA) is 20.2 Å². The summed E-state index contributed by atoms with van der Waals surface area (Å²) in [6.45, 7) is 9.68. The molecule has 0 amide bonds. The summed E-state index contributed by atoms with van der Waals surface area (Å²) in [6.07, 6.45) is 14.3. The van der Waals surface area contributed by atoms with Gasteiger partial charge in [0, 0.05) is 0 Å². The summed E-state index contributed by atoms with van der Waals surface area (Å²) in [5.74, 6) is 5.34. The van der Waals surface area contributed by atoms with Gasteiger partial charge in [0.15, 0.2) is 0 Å². The molecule has 0 heterocycles. The average molecular weight is 419 g/mol. The molecular weight excluding hydrogens is 371 g/mol. The van der Waals surface area contributed by atoms with Crippen LogP contribution in [0.1, 0.15) is 105 Å². The van der Waals surface area contributed by atoms with Gasteiger partial charge in [0.2, 0.25) is 0 Å². The predicted octanol–water partition coefficient (Wildman–Crippen LogP) is 7.73. The fraction of sp³-hybridized carbons (Fsp3) is 0.929. The lowest BCUT2D eigenvalue weighted by Gasteiger charge is -2.54. The number of hydrogen-bond donors (Lipinski definition) is 1. The van der Waals surface area contributed by atoms with Gasteiger partial charge < -0.3 is 5.11 Å². The van der Waals surface area contributed by atoms with Gasteiger partial charge in [-0.1, -0.05) is 58.1 Å². The zero-order valence-corrected chi connectivity index (χ0v) is 20.1. The minimum absolute atomic E-state index is 0.182. The van der Waals surface area contributed by atoms with Crippen LogP contribution < -0.4 is 0 Å². The van der Waals surface area contributed by atoms with Crippen LogP contribution in [-0.2, 0) is 0 Å². The van der Waals surface area contributed by atoms with Crippen LogP contribution in [0.4, 0.5) is 4.39 Å². The molecule has 1 unspecified atom stereocenters. The first-order chi connectivity index (χ1) is 14.3. The van der Waals surface area contributed by atoms with Crippen molar-refractivity contribution in [3.8, 4) is 0 Å². The van der Waals surface area contributed by atoms with E-state index in [1.54, 1.807) is 5.57 Å². The fourth-order valence-electron chi connectivity index (χ4n) is 8.79. The number of allylic oxidation sites excluding steroid dienone is 1. The highest BCUT2D eigenvalue weighted by Crippen LogP contribution is 2.65. The third-order valence-corrected chi connectivity index (χ3v) is 10.2. The highest BCUT2D eigenvalue weighted by molar-refractivity contribution is 5.29. The molecule has 0 radical (unpaired) electrons. The van der Waals surface area contributed by atoms with Crippen LogP contribution in [0.15, 0.2) is 11.1 Å². The van der Waals surface area contributed by atoms with E-state index in [-0.39, 0.29) is 12.8 Å². The van der Waals surface area contributed by atoms with Crippen molar-refractivity contribution in [1.82, 2.24) is 0 Å². The Morgan fingerprint density at radius 2 is 1.87 bits per heavy atom. The summed E-state index contributed by atoms with van der Waals surface area (Å²) < 4.78 is 13.5. The monoisotopic (exact) mass is 418 g/mol. The molecule has 1 N–H and O–H groups in total. The molecule has 2 fully saturated rings. The second-order valence-corrected chi connectivity index (χ2v) is 12.3. The van der Waals surface area contributed by atoms with Crippen molar-refractivity contribution in [3.05, 3.63) is 11.1 Å². The van der Waals surface area contributed by atoms with Crippen molar-refractivity contribution in [2.75, 3.05) is 6.67 Å². The molecule has 2 heteroatoms. The van der Waals surface area contributed by atoms with Gasteiger partial charge in [0.1, 0.15) is 0 Å². The van der Waals surface area contributed by atoms with Crippen LogP contribution in [0.2, 0.25) is 0 Å². The maximum absolute atomic E-state index is 13.5. The number of alkyl halides is 1. The first-order valence-electron chi connectivity index (χ1n) is 13.3. The maximum atomic E-state index is 13.5. The largest absolute Gasteiger partial charge is 0.393 e. The van der Waals surface area contributed by atoms with Crippen LogP contribution >= 0.6 is 0 Å². The van der Waals surface area contributed by atoms with E-state index in [0.29, 0.717) is 17.8 Å². The van der Waals surface area contributed by atoms with E-state index in [9.17, 15) is 9.50 Å². The summed E-state index contributed by atoms with van der Waals surface area (Å²) >= 11 is 0. The van der Waals surface area contributed by atoms with Crippen molar-refractivity contribution in [2.24, 2.45) is 46.8 Å². The van der Waals surface area contributed by atoms with Gasteiger partial charge in [-0.3, -0.25) is 4.39 Å². The van der Waals surface area contributed by atoms with Crippen molar-refractivity contribution in [2.45, 2.75) is 111 Å². The number of hydrogen-bond acceptors (Lipinski definition) is 1. The molecule has 1 nitrogen and oxygen atoms in total. The van der Waals surface area contributed by atoms with Crippen molar-refractivity contribution < 1.29 is 9.50 Å². The van der Waals surface area contributed by atoms with E-state index in [1.807, 2.05) is 0 Å². The molecule has 0 spiro atoms. The van der Waals surface area contributed by atoms with Gasteiger partial charge in [-0.15, -0.1) is 0 Å². The Kier molecular flexibility index (Phi) is 7.03.